The Labute approximate surface area is 128 Å². The smallest absolute Gasteiger partial charge is 0.162 e. The second-order valence-corrected chi connectivity index (χ2v) is 6.19. The van der Waals surface area contributed by atoms with Gasteiger partial charge < -0.3 is 4.57 Å². The number of rotatable bonds is 3. The highest BCUT2D eigenvalue weighted by Crippen LogP contribution is 2.33. The first-order valence-corrected chi connectivity index (χ1v) is 7.79. The number of ketones is 1. The Bertz CT molecular complexity index is 779. The molecule has 21 heavy (non-hydrogen) atoms. The molecule has 0 spiro atoms. The van der Waals surface area contributed by atoms with Crippen LogP contribution in [0.5, 0.6) is 0 Å². The molecule has 2 aromatic heterocycles. The average Bonchev–Trinajstić information content (AvgIpc) is 3.07. The third kappa shape index (κ3) is 2.45. The Balaban J connectivity index is 2.21. The van der Waals surface area contributed by atoms with Gasteiger partial charge in [0.05, 0.1) is 0 Å². The van der Waals surface area contributed by atoms with Crippen LogP contribution >= 0.6 is 11.3 Å². The van der Waals surface area contributed by atoms with E-state index < -0.39 is 0 Å². The van der Waals surface area contributed by atoms with Crippen LogP contribution in [0.15, 0.2) is 48.0 Å². The molecule has 3 rings (SSSR count). The number of thiophene rings is 1. The van der Waals surface area contributed by atoms with E-state index in [9.17, 15) is 4.79 Å². The van der Waals surface area contributed by atoms with Crippen LogP contribution in [0.3, 0.4) is 0 Å². The first-order valence-electron chi connectivity index (χ1n) is 6.91. The molecule has 2 heterocycles. The van der Waals surface area contributed by atoms with Crippen LogP contribution < -0.4 is 0 Å². The number of aryl methyl sites for hydroxylation is 1. The predicted octanol–water partition coefficient (Wildman–Crippen LogP) is 5.03. The minimum absolute atomic E-state index is 0.113. The second-order valence-electron chi connectivity index (χ2n) is 5.24. The van der Waals surface area contributed by atoms with Crippen LogP contribution in [-0.2, 0) is 0 Å². The molecule has 0 amide bonds. The zero-order valence-electron chi connectivity index (χ0n) is 12.4. The van der Waals surface area contributed by atoms with Gasteiger partial charge >= 0.3 is 0 Å². The molecule has 0 aliphatic rings. The minimum atomic E-state index is 0.113. The van der Waals surface area contributed by atoms with Gasteiger partial charge in [-0.05, 0) is 44.4 Å². The average molecular weight is 295 g/mol. The Morgan fingerprint density at radius 3 is 2.38 bits per heavy atom. The summed E-state index contributed by atoms with van der Waals surface area (Å²) in [5.74, 6) is 0.113. The summed E-state index contributed by atoms with van der Waals surface area (Å²) in [6.45, 7) is 5.72. The van der Waals surface area contributed by atoms with E-state index in [1.165, 1.54) is 5.56 Å². The molecule has 0 N–H and O–H groups in total. The van der Waals surface area contributed by atoms with E-state index in [0.717, 1.165) is 27.4 Å². The van der Waals surface area contributed by atoms with E-state index in [4.69, 9.17) is 0 Å². The Morgan fingerprint density at radius 1 is 1.10 bits per heavy atom. The van der Waals surface area contributed by atoms with Crippen LogP contribution in [0.25, 0.3) is 16.1 Å². The van der Waals surface area contributed by atoms with Crippen molar-refractivity contribution in [3.05, 3.63) is 64.8 Å². The van der Waals surface area contributed by atoms with Gasteiger partial charge in [-0.15, -0.1) is 11.3 Å². The molecule has 0 radical (unpaired) electrons. The van der Waals surface area contributed by atoms with Crippen molar-refractivity contribution in [3.8, 4) is 16.1 Å². The maximum atomic E-state index is 12.1. The normalized spacial score (nSPS) is 10.8. The molecule has 0 saturated carbocycles. The molecule has 0 bridgehead atoms. The number of carbonyl (C=O) groups is 1. The Hall–Kier alpha value is -2.13. The standard InChI is InChI=1S/C18H17NOS/c1-12-6-8-15(9-7-12)19-11-16(17-5-4-10-21-17)18(13(19)2)14(3)20/h4-11H,1-3H3. The molecular weight excluding hydrogens is 278 g/mol. The van der Waals surface area contributed by atoms with Gasteiger partial charge in [0.15, 0.2) is 5.78 Å². The summed E-state index contributed by atoms with van der Waals surface area (Å²) >= 11 is 1.66. The fourth-order valence-corrected chi connectivity index (χ4v) is 3.39. The fraction of sp³-hybridized carbons (Fsp3) is 0.167. The van der Waals surface area contributed by atoms with E-state index in [1.54, 1.807) is 18.3 Å². The highest BCUT2D eigenvalue weighted by atomic mass is 32.1. The number of hydrogen-bond donors (Lipinski definition) is 0. The largest absolute Gasteiger partial charge is 0.320 e. The van der Waals surface area contributed by atoms with E-state index in [-0.39, 0.29) is 5.78 Å². The molecule has 3 aromatic rings. The summed E-state index contributed by atoms with van der Waals surface area (Å²) in [6.07, 6.45) is 2.07. The lowest BCUT2D eigenvalue weighted by Crippen LogP contribution is -1.99. The lowest BCUT2D eigenvalue weighted by molar-refractivity contribution is 0.101. The van der Waals surface area contributed by atoms with Crippen molar-refractivity contribution >= 4 is 17.1 Å². The number of nitrogens with zero attached hydrogens (tertiary/aromatic N) is 1. The van der Waals surface area contributed by atoms with Gasteiger partial charge in [0.1, 0.15) is 0 Å². The monoisotopic (exact) mass is 295 g/mol. The topological polar surface area (TPSA) is 22.0 Å². The predicted molar refractivity (Wildman–Crippen MR) is 88.6 cm³/mol. The molecule has 0 aliphatic heterocycles. The van der Waals surface area contributed by atoms with Crippen molar-refractivity contribution in [2.45, 2.75) is 20.8 Å². The summed E-state index contributed by atoms with van der Waals surface area (Å²) in [4.78, 5) is 13.2. The van der Waals surface area contributed by atoms with E-state index in [1.807, 2.05) is 18.4 Å². The summed E-state index contributed by atoms with van der Waals surface area (Å²) in [7, 11) is 0. The van der Waals surface area contributed by atoms with Crippen LogP contribution in [0.1, 0.15) is 28.5 Å². The quantitative estimate of drug-likeness (QED) is 0.621. The maximum Gasteiger partial charge on any atom is 0.162 e. The molecule has 0 unspecified atom stereocenters. The molecule has 0 aliphatic carbocycles. The lowest BCUT2D eigenvalue weighted by Gasteiger charge is -2.07. The van der Waals surface area contributed by atoms with Crippen molar-refractivity contribution in [1.82, 2.24) is 4.57 Å². The lowest BCUT2D eigenvalue weighted by atomic mass is 10.1. The zero-order valence-corrected chi connectivity index (χ0v) is 13.2. The first kappa shape index (κ1) is 13.8. The van der Waals surface area contributed by atoms with Gasteiger partial charge in [-0.25, -0.2) is 0 Å². The number of aromatic nitrogens is 1. The molecule has 3 heteroatoms. The van der Waals surface area contributed by atoms with Crippen molar-refractivity contribution in [2.75, 3.05) is 0 Å². The summed E-state index contributed by atoms with van der Waals surface area (Å²) in [5, 5.41) is 2.04. The molecule has 0 saturated heterocycles. The van der Waals surface area contributed by atoms with Gasteiger partial charge in [-0.3, -0.25) is 4.79 Å². The molecule has 106 valence electrons. The molecule has 0 atom stereocenters. The van der Waals surface area contributed by atoms with Crippen molar-refractivity contribution in [1.29, 1.82) is 0 Å². The number of benzene rings is 1. The molecule has 2 nitrogen and oxygen atoms in total. The van der Waals surface area contributed by atoms with Crippen LogP contribution in [0.4, 0.5) is 0 Å². The van der Waals surface area contributed by atoms with Crippen LogP contribution in [0.2, 0.25) is 0 Å². The Kier molecular flexibility index (Phi) is 3.52. The summed E-state index contributed by atoms with van der Waals surface area (Å²) < 4.78 is 2.10. The van der Waals surface area contributed by atoms with Crippen LogP contribution in [0, 0.1) is 13.8 Å². The van der Waals surface area contributed by atoms with Gasteiger partial charge in [-0.1, -0.05) is 23.8 Å². The fourth-order valence-electron chi connectivity index (χ4n) is 2.64. The SMILES string of the molecule is CC(=O)c1c(-c2cccs2)cn(-c2ccc(C)cc2)c1C. The molecular formula is C18H17NOS. The highest BCUT2D eigenvalue weighted by molar-refractivity contribution is 7.13. The first-order chi connectivity index (χ1) is 10.1. The summed E-state index contributed by atoms with van der Waals surface area (Å²) in [6, 6.07) is 12.4. The van der Waals surface area contributed by atoms with E-state index >= 15 is 0 Å². The maximum absolute atomic E-state index is 12.1. The van der Waals surface area contributed by atoms with Gasteiger partial charge in [0, 0.05) is 33.6 Å². The van der Waals surface area contributed by atoms with E-state index in [2.05, 4.69) is 48.0 Å². The zero-order chi connectivity index (χ0) is 15.0. The third-order valence-corrected chi connectivity index (χ3v) is 4.60. The highest BCUT2D eigenvalue weighted by Gasteiger charge is 2.18. The molecule has 1 aromatic carbocycles. The number of Topliss-reactive ketones (excluding diaryl/α,β-unsaturated/α-hetero) is 1. The van der Waals surface area contributed by atoms with Gasteiger partial charge in [0.25, 0.3) is 0 Å². The number of carbonyl (C=O) groups excluding carboxylic acids is 1. The third-order valence-electron chi connectivity index (χ3n) is 3.70. The van der Waals surface area contributed by atoms with Crippen molar-refractivity contribution in [2.24, 2.45) is 0 Å². The van der Waals surface area contributed by atoms with E-state index in [0.29, 0.717) is 0 Å². The second kappa shape index (κ2) is 5.34. The number of hydrogen-bond acceptors (Lipinski definition) is 2. The van der Waals surface area contributed by atoms with Crippen molar-refractivity contribution < 1.29 is 4.79 Å². The Morgan fingerprint density at radius 2 is 1.81 bits per heavy atom. The molecule has 0 fully saturated rings. The van der Waals surface area contributed by atoms with Crippen molar-refractivity contribution in [3.63, 3.8) is 0 Å². The van der Waals surface area contributed by atoms with Gasteiger partial charge in [-0.2, -0.15) is 0 Å². The van der Waals surface area contributed by atoms with Crippen LogP contribution in [-0.4, -0.2) is 10.4 Å². The minimum Gasteiger partial charge on any atom is -0.320 e. The summed E-state index contributed by atoms with van der Waals surface area (Å²) in [5.41, 5.74) is 5.15. The van der Waals surface area contributed by atoms with Gasteiger partial charge in [0.2, 0.25) is 0 Å².